The van der Waals surface area contributed by atoms with Crippen molar-refractivity contribution in [2.75, 3.05) is 6.61 Å². The molecule has 1 saturated heterocycles. The lowest BCUT2D eigenvalue weighted by molar-refractivity contribution is -0.140. The molecule has 0 aromatic carbocycles. The third-order valence-electron chi connectivity index (χ3n) is 5.95. The first kappa shape index (κ1) is 16.8. The van der Waals surface area contributed by atoms with Crippen molar-refractivity contribution in [2.24, 2.45) is 11.3 Å². The molecule has 1 N–H and O–H groups in total. The third kappa shape index (κ3) is 2.41. The van der Waals surface area contributed by atoms with Crippen molar-refractivity contribution in [2.45, 2.75) is 44.7 Å². The van der Waals surface area contributed by atoms with E-state index in [1.54, 1.807) is 0 Å². The van der Waals surface area contributed by atoms with Gasteiger partial charge in [-0.2, -0.15) is 10.5 Å². The summed E-state index contributed by atoms with van der Waals surface area (Å²) in [5.74, 6) is -0.596. The number of esters is 1. The first-order chi connectivity index (χ1) is 12.5. The fourth-order valence-corrected chi connectivity index (χ4v) is 4.68. The molecule has 2 aliphatic carbocycles. The van der Waals surface area contributed by atoms with Crippen LogP contribution in [0.15, 0.2) is 34.4 Å². The summed E-state index contributed by atoms with van der Waals surface area (Å²) in [6, 6.07) is 4.89. The molecule has 6 nitrogen and oxygen atoms in total. The number of Topliss-reactive ketones (excluding diaryl/α,β-unsaturated/α-hetero) is 1. The Morgan fingerprint density at radius 2 is 2.12 bits per heavy atom. The Labute approximate surface area is 151 Å². The van der Waals surface area contributed by atoms with E-state index in [9.17, 15) is 20.1 Å². The molecule has 3 atom stereocenters. The molecule has 2 aliphatic heterocycles. The van der Waals surface area contributed by atoms with E-state index in [-0.39, 0.29) is 43.2 Å². The van der Waals surface area contributed by atoms with E-state index in [1.807, 2.05) is 6.08 Å². The van der Waals surface area contributed by atoms with Crippen LogP contribution in [0, 0.1) is 34.0 Å². The number of hydrogen-bond acceptors (Lipinski definition) is 6. The van der Waals surface area contributed by atoms with Crippen molar-refractivity contribution in [1.29, 1.82) is 10.5 Å². The van der Waals surface area contributed by atoms with Crippen molar-refractivity contribution in [1.82, 2.24) is 5.32 Å². The predicted molar refractivity (Wildman–Crippen MR) is 91.2 cm³/mol. The van der Waals surface area contributed by atoms with Crippen LogP contribution in [0.2, 0.25) is 0 Å². The molecule has 0 amide bonds. The van der Waals surface area contributed by atoms with Crippen LogP contribution < -0.4 is 5.32 Å². The first-order valence-corrected chi connectivity index (χ1v) is 8.88. The second kappa shape index (κ2) is 5.93. The second-order valence-electron chi connectivity index (χ2n) is 7.44. The van der Waals surface area contributed by atoms with E-state index in [0.29, 0.717) is 11.1 Å². The van der Waals surface area contributed by atoms with Gasteiger partial charge in [-0.05, 0) is 29.6 Å². The van der Waals surface area contributed by atoms with Crippen LogP contribution in [-0.2, 0) is 14.3 Å². The maximum Gasteiger partial charge on any atom is 0.302 e. The summed E-state index contributed by atoms with van der Waals surface area (Å²) in [5, 5.41) is 23.4. The smallest absolute Gasteiger partial charge is 0.302 e. The van der Waals surface area contributed by atoms with Crippen LogP contribution in [0.3, 0.4) is 0 Å². The van der Waals surface area contributed by atoms with Gasteiger partial charge < -0.3 is 10.1 Å². The Hall–Kier alpha value is -2.70. The van der Waals surface area contributed by atoms with Crippen LogP contribution in [-0.4, -0.2) is 30.4 Å². The third-order valence-corrected chi connectivity index (χ3v) is 5.95. The zero-order valence-corrected chi connectivity index (χ0v) is 14.5. The highest BCUT2D eigenvalue weighted by atomic mass is 16.5. The maximum absolute atomic E-state index is 12.5. The summed E-state index contributed by atoms with van der Waals surface area (Å²) in [6.07, 6.45) is 6.52. The molecule has 1 fully saturated rings. The zero-order chi connectivity index (χ0) is 18.5. The molecular formula is C20H19N3O3. The van der Waals surface area contributed by atoms with E-state index in [1.165, 1.54) is 6.92 Å². The van der Waals surface area contributed by atoms with Crippen LogP contribution in [0.4, 0.5) is 0 Å². The monoisotopic (exact) mass is 349 g/mol. The van der Waals surface area contributed by atoms with Gasteiger partial charge in [0.05, 0.1) is 12.1 Å². The minimum Gasteiger partial charge on any atom is -0.461 e. The van der Waals surface area contributed by atoms with Crippen molar-refractivity contribution in [3.05, 3.63) is 34.4 Å². The largest absolute Gasteiger partial charge is 0.461 e. The minimum atomic E-state index is -1.28. The van der Waals surface area contributed by atoms with Gasteiger partial charge in [-0.15, -0.1) is 0 Å². The standard InChI is InChI=1S/C20H19N3O3/c1-11(24)26-8-16-15-7-20(9-21,10-22)17-6-13-2-3-18(23-13)14(17)4-12(15)5-19(16)25/h4,6,13-14,18,23H,2-3,5,7-8H2,1H3/t13-,14?,18+/m1/s1. The average molecular weight is 349 g/mol. The van der Waals surface area contributed by atoms with E-state index < -0.39 is 11.4 Å². The Morgan fingerprint density at radius 3 is 2.81 bits per heavy atom. The van der Waals surface area contributed by atoms with Gasteiger partial charge in [-0.3, -0.25) is 9.59 Å². The molecule has 6 heteroatoms. The second-order valence-corrected chi connectivity index (χ2v) is 7.44. The highest BCUT2D eigenvalue weighted by Gasteiger charge is 2.49. The van der Waals surface area contributed by atoms with E-state index in [2.05, 4.69) is 23.5 Å². The normalized spacial score (nSPS) is 31.0. The van der Waals surface area contributed by atoms with E-state index >= 15 is 0 Å². The van der Waals surface area contributed by atoms with Gasteiger partial charge >= 0.3 is 5.97 Å². The molecule has 0 spiro atoms. The Morgan fingerprint density at radius 1 is 1.35 bits per heavy atom. The Kier molecular flexibility index (Phi) is 3.82. The van der Waals surface area contributed by atoms with Crippen LogP contribution in [0.5, 0.6) is 0 Å². The minimum absolute atomic E-state index is 0.0542. The molecule has 2 bridgehead atoms. The number of ether oxygens (including phenoxy) is 1. The van der Waals surface area contributed by atoms with Crippen LogP contribution in [0.1, 0.15) is 32.6 Å². The number of nitrogens with zero attached hydrogens (tertiary/aromatic N) is 2. The highest BCUT2D eigenvalue weighted by Crippen LogP contribution is 2.51. The molecule has 0 aromatic heterocycles. The number of ketones is 1. The van der Waals surface area contributed by atoms with Crippen LogP contribution >= 0.6 is 0 Å². The fraction of sp³-hybridized carbons (Fsp3) is 0.500. The summed E-state index contributed by atoms with van der Waals surface area (Å²) in [5.41, 5.74) is 1.60. The molecular weight excluding hydrogens is 330 g/mol. The molecule has 0 radical (unpaired) electrons. The topological polar surface area (TPSA) is 103 Å². The van der Waals surface area contributed by atoms with Crippen molar-refractivity contribution in [3.63, 3.8) is 0 Å². The van der Waals surface area contributed by atoms with Gasteiger partial charge in [0.2, 0.25) is 0 Å². The maximum atomic E-state index is 12.5. The van der Waals surface area contributed by atoms with Gasteiger partial charge in [-0.1, -0.05) is 12.2 Å². The van der Waals surface area contributed by atoms with Gasteiger partial charge in [0.25, 0.3) is 0 Å². The van der Waals surface area contributed by atoms with Gasteiger partial charge in [0.15, 0.2) is 11.2 Å². The number of nitrogens with one attached hydrogen (secondary N) is 1. The number of allylic oxidation sites excluding steroid dienone is 2. The molecule has 4 rings (SSSR count). The first-order valence-electron chi connectivity index (χ1n) is 8.88. The molecule has 132 valence electrons. The number of nitriles is 2. The highest BCUT2D eigenvalue weighted by molar-refractivity contribution is 6.03. The summed E-state index contributed by atoms with van der Waals surface area (Å²) >= 11 is 0. The van der Waals surface area contributed by atoms with Crippen molar-refractivity contribution < 1.29 is 14.3 Å². The van der Waals surface area contributed by atoms with Crippen molar-refractivity contribution >= 4 is 11.8 Å². The van der Waals surface area contributed by atoms with Crippen molar-refractivity contribution in [3.8, 4) is 12.1 Å². The Balaban J connectivity index is 1.85. The van der Waals surface area contributed by atoms with E-state index in [0.717, 1.165) is 24.0 Å². The summed E-state index contributed by atoms with van der Waals surface area (Å²) in [6.45, 7) is 1.20. The summed E-state index contributed by atoms with van der Waals surface area (Å²) in [4.78, 5) is 23.7. The number of rotatable bonds is 2. The number of hydrogen-bond donors (Lipinski definition) is 1. The zero-order valence-electron chi connectivity index (χ0n) is 14.5. The lowest BCUT2D eigenvalue weighted by Crippen LogP contribution is -2.42. The number of carbonyl (C=O) groups excluding carboxylic acids is 2. The fourth-order valence-electron chi connectivity index (χ4n) is 4.68. The molecule has 0 aromatic rings. The predicted octanol–water partition coefficient (Wildman–Crippen LogP) is 1.86. The van der Waals surface area contributed by atoms with Gasteiger partial charge in [0, 0.05) is 43.3 Å². The Bertz CT molecular complexity index is 867. The summed E-state index contributed by atoms with van der Waals surface area (Å²) in [7, 11) is 0. The van der Waals surface area contributed by atoms with Crippen LogP contribution in [0.25, 0.3) is 0 Å². The molecule has 26 heavy (non-hydrogen) atoms. The lowest BCUT2D eigenvalue weighted by atomic mass is 9.71. The average Bonchev–Trinajstić information content (AvgIpc) is 3.10. The lowest BCUT2D eigenvalue weighted by Gasteiger charge is -2.33. The van der Waals surface area contributed by atoms with Gasteiger partial charge in [0.1, 0.15) is 6.61 Å². The molecule has 4 aliphatic rings. The summed E-state index contributed by atoms with van der Waals surface area (Å²) < 4.78 is 5.05. The van der Waals surface area contributed by atoms with E-state index in [4.69, 9.17) is 4.74 Å². The molecule has 0 saturated carbocycles. The van der Waals surface area contributed by atoms with Gasteiger partial charge in [-0.25, -0.2) is 0 Å². The molecule has 2 heterocycles. The SMILES string of the molecule is CC(=O)OCC1=C2CC(C#N)(C#N)C3=C[C@H]4CC[C@H](N4)C3C=C2CC1=O. The number of fused-ring (bicyclic) bond motifs is 5. The molecule has 1 unspecified atom stereocenters. The number of carbonyl (C=O) groups is 2. The quantitative estimate of drug-likeness (QED) is 0.603.